The first-order chi connectivity index (χ1) is 8.33. The van der Waals surface area contributed by atoms with Gasteiger partial charge in [-0.25, -0.2) is 4.98 Å². The number of carbonyl (C=O) groups excluding carboxylic acids is 1. The van der Waals surface area contributed by atoms with Crippen molar-refractivity contribution in [3.63, 3.8) is 0 Å². The molecule has 0 saturated heterocycles. The largest absolute Gasteiger partial charge is 0.446 e. The monoisotopic (exact) mass is 292 g/mol. The molecule has 8 heteroatoms. The molecule has 2 aromatic rings. The van der Waals surface area contributed by atoms with Gasteiger partial charge in [-0.2, -0.15) is 13.2 Å². The number of benzene rings is 1. The minimum atomic E-state index is -4.31. The third-order valence-corrected chi connectivity index (χ3v) is 3.53. The maximum Gasteiger partial charge on any atom is 0.446 e. The number of amides is 1. The van der Waals surface area contributed by atoms with Gasteiger partial charge in [0.25, 0.3) is 0 Å². The van der Waals surface area contributed by atoms with Crippen LogP contribution in [0.4, 0.5) is 18.3 Å². The number of thioether (sulfide) groups is 1. The molecule has 0 spiro atoms. The van der Waals surface area contributed by atoms with Gasteiger partial charge in [0.05, 0.1) is 10.2 Å². The molecule has 0 atom stereocenters. The molecule has 96 valence electrons. The Hall–Kier alpha value is -1.28. The van der Waals surface area contributed by atoms with Crippen LogP contribution in [0.3, 0.4) is 0 Å². The summed E-state index contributed by atoms with van der Waals surface area (Å²) < 4.78 is 37.2. The Bertz CT molecular complexity index is 594. The second-order valence-electron chi connectivity index (χ2n) is 3.38. The number of nitrogens with one attached hydrogen (secondary N) is 1. The van der Waals surface area contributed by atoms with E-state index in [0.717, 1.165) is 11.3 Å². The number of aromatic nitrogens is 1. The number of carbonyl (C=O) groups is 1. The number of thiazole rings is 1. The SMILES string of the molecule is CC(=O)Nc1nc2ccc(SC(F)(F)F)cc2s1. The number of nitrogens with zero attached hydrogens (tertiary/aromatic N) is 1. The molecule has 1 amide bonds. The van der Waals surface area contributed by atoms with Gasteiger partial charge in [0, 0.05) is 11.8 Å². The molecule has 1 N–H and O–H groups in total. The number of alkyl halides is 3. The van der Waals surface area contributed by atoms with Crippen molar-refractivity contribution < 1.29 is 18.0 Å². The van der Waals surface area contributed by atoms with Crippen molar-refractivity contribution in [3.05, 3.63) is 18.2 Å². The first-order valence-corrected chi connectivity index (χ1v) is 6.41. The minimum absolute atomic E-state index is 0.105. The van der Waals surface area contributed by atoms with Gasteiger partial charge < -0.3 is 5.32 Å². The van der Waals surface area contributed by atoms with Crippen molar-refractivity contribution in [2.45, 2.75) is 17.3 Å². The predicted octanol–water partition coefficient (Wildman–Crippen LogP) is 3.87. The lowest BCUT2D eigenvalue weighted by Crippen LogP contribution is -2.04. The van der Waals surface area contributed by atoms with E-state index in [1.807, 2.05) is 0 Å². The number of hydrogen-bond donors (Lipinski definition) is 1. The minimum Gasteiger partial charge on any atom is -0.302 e. The fraction of sp³-hybridized carbons (Fsp3) is 0.200. The molecule has 1 heterocycles. The summed E-state index contributed by atoms with van der Waals surface area (Å²) in [6, 6.07) is 4.28. The van der Waals surface area contributed by atoms with Crippen LogP contribution in [-0.2, 0) is 4.79 Å². The molecule has 0 saturated carbocycles. The van der Waals surface area contributed by atoms with E-state index in [1.54, 1.807) is 0 Å². The Labute approximate surface area is 108 Å². The van der Waals surface area contributed by atoms with Gasteiger partial charge in [0.2, 0.25) is 5.91 Å². The number of rotatable bonds is 2. The van der Waals surface area contributed by atoms with Crippen LogP contribution in [0.1, 0.15) is 6.92 Å². The van der Waals surface area contributed by atoms with E-state index in [9.17, 15) is 18.0 Å². The summed E-state index contributed by atoms with van der Waals surface area (Å²) >= 11 is 0.972. The highest BCUT2D eigenvalue weighted by molar-refractivity contribution is 8.00. The zero-order chi connectivity index (χ0) is 13.3. The van der Waals surface area contributed by atoms with Crippen LogP contribution in [0.15, 0.2) is 23.1 Å². The number of hydrogen-bond acceptors (Lipinski definition) is 4. The zero-order valence-electron chi connectivity index (χ0n) is 9.04. The highest BCUT2D eigenvalue weighted by Gasteiger charge is 2.29. The van der Waals surface area contributed by atoms with E-state index in [2.05, 4.69) is 10.3 Å². The predicted molar refractivity (Wildman–Crippen MR) is 65.8 cm³/mol. The van der Waals surface area contributed by atoms with Crippen LogP contribution in [0.25, 0.3) is 10.2 Å². The Balaban J connectivity index is 2.30. The molecule has 2 rings (SSSR count). The van der Waals surface area contributed by atoms with E-state index in [1.165, 1.54) is 25.1 Å². The maximum atomic E-state index is 12.2. The van der Waals surface area contributed by atoms with Gasteiger partial charge in [-0.3, -0.25) is 4.79 Å². The lowest BCUT2D eigenvalue weighted by Gasteiger charge is -2.04. The number of fused-ring (bicyclic) bond motifs is 1. The van der Waals surface area contributed by atoms with Crippen molar-refractivity contribution in [2.75, 3.05) is 5.32 Å². The summed E-state index contributed by atoms with van der Waals surface area (Å²) in [5, 5.41) is 2.88. The molecule has 1 aromatic carbocycles. The highest BCUT2D eigenvalue weighted by atomic mass is 32.2. The zero-order valence-corrected chi connectivity index (χ0v) is 10.7. The fourth-order valence-electron chi connectivity index (χ4n) is 1.31. The number of halogens is 3. The van der Waals surface area contributed by atoms with E-state index < -0.39 is 5.51 Å². The molecule has 0 unspecified atom stereocenters. The summed E-state index contributed by atoms with van der Waals surface area (Å²) in [7, 11) is 0. The number of anilines is 1. The van der Waals surface area contributed by atoms with Crippen LogP contribution >= 0.6 is 23.1 Å². The van der Waals surface area contributed by atoms with Gasteiger partial charge in [-0.1, -0.05) is 11.3 Å². The van der Waals surface area contributed by atoms with Crippen LogP contribution in [-0.4, -0.2) is 16.4 Å². The fourth-order valence-corrected chi connectivity index (χ4v) is 2.91. The average molecular weight is 292 g/mol. The van der Waals surface area contributed by atoms with Gasteiger partial charge in [-0.15, -0.1) is 0 Å². The average Bonchev–Trinajstić information content (AvgIpc) is 2.55. The van der Waals surface area contributed by atoms with Gasteiger partial charge in [-0.05, 0) is 30.0 Å². The lowest BCUT2D eigenvalue weighted by atomic mass is 10.3. The van der Waals surface area contributed by atoms with E-state index in [0.29, 0.717) is 15.3 Å². The third kappa shape index (κ3) is 3.36. The molecule has 0 aliphatic rings. The molecule has 0 bridgehead atoms. The van der Waals surface area contributed by atoms with E-state index >= 15 is 0 Å². The summed E-state index contributed by atoms with van der Waals surface area (Å²) in [5.74, 6) is -0.265. The maximum absolute atomic E-state index is 12.2. The summed E-state index contributed by atoms with van der Waals surface area (Å²) in [4.78, 5) is 15.0. The topological polar surface area (TPSA) is 42.0 Å². The smallest absolute Gasteiger partial charge is 0.302 e. The molecule has 0 aliphatic carbocycles. The molecule has 3 nitrogen and oxygen atoms in total. The van der Waals surface area contributed by atoms with Crippen LogP contribution in [0.2, 0.25) is 0 Å². The molecule has 0 fully saturated rings. The molecular formula is C10H7F3N2OS2. The summed E-state index contributed by atoms with van der Waals surface area (Å²) in [5.41, 5.74) is -3.74. The second-order valence-corrected chi connectivity index (χ2v) is 5.55. The third-order valence-electron chi connectivity index (χ3n) is 1.88. The Morgan fingerprint density at radius 1 is 1.44 bits per heavy atom. The first-order valence-electron chi connectivity index (χ1n) is 4.77. The Morgan fingerprint density at radius 2 is 2.17 bits per heavy atom. The lowest BCUT2D eigenvalue weighted by molar-refractivity contribution is -0.114. The standard InChI is InChI=1S/C10H7F3N2OS2/c1-5(16)14-9-15-7-3-2-6(4-8(7)17-9)18-10(11,12)13/h2-4H,1H3,(H,14,15,16). The Morgan fingerprint density at radius 3 is 2.78 bits per heavy atom. The molecular weight excluding hydrogens is 285 g/mol. The van der Waals surface area contributed by atoms with Crippen molar-refractivity contribution in [1.82, 2.24) is 4.98 Å². The highest BCUT2D eigenvalue weighted by Crippen LogP contribution is 2.39. The van der Waals surface area contributed by atoms with Crippen LogP contribution in [0, 0.1) is 0 Å². The van der Waals surface area contributed by atoms with Crippen LogP contribution in [0.5, 0.6) is 0 Å². The quantitative estimate of drug-likeness (QED) is 0.854. The van der Waals surface area contributed by atoms with Crippen LogP contribution < -0.4 is 5.32 Å². The van der Waals surface area contributed by atoms with Crippen molar-refractivity contribution in [3.8, 4) is 0 Å². The van der Waals surface area contributed by atoms with E-state index in [-0.39, 0.29) is 22.6 Å². The van der Waals surface area contributed by atoms with Crippen molar-refractivity contribution in [2.24, 2.45) is 0 Å². The first kappa shape index (κ1) is 13.2. The summed E-state index contributed by atoms with van der Waals surface area (Å²) in [6.07, 6.45) is 0. The van der Waals surface area contributed by atoms with E-state index in [4.69, 9.17) is 0 Å². The summed E-state index contributed by atoms with van der Waals surface area (Å²) in [6.45, 7) is 1.34. The van der Waals surface area contributed by atoms with Gasteiger partial charge in [0.15, 0.2) is 5.13 Å². The van der Waals surface area contributed by atoms with Crippen molar-refractivity contribution in [1.29, 1.82) is 0 Å². The normalized spacial score (nSPS) is 11.8. The molecule has 0 aliphatic heterocycles. The molecule has 0 radical (unpaired) electrons. The van der Waals surface area contributed by atoms with Gasteiger partial charge in [0.1, 0.15) is 0 Å². The van der Waals surface area contributed by atoms with Gasteiger partial charge >= 0.3 is 5.51 Å². The molecule has 1 aromatic heterocycles. The Kier molecular flexibility index (Phi) is 3.49. The molecule has 18 heavy (non-hydrogen) atoms. The second kappa shape index (κ2) is 4.77. The van der Waals surface area contributed by atoms with Crippen molar-refractivity contribution >= 4 is 44.4 Å².